The molecule has 1 aliphatic carbocycles. The summed E-state index contributed by atoms with van der Waals surface area (Å²) in [7, 11) is -1.55. The Morgan fingerprint density at radius 2 is 1.74 bits per heavy atom. The van der Waals surface area contributed by atoms with Gasteiger partial charge in [-0.15, -0.1) is 0 Å². The van der Waals surface area contributed by atoms with E-state index in [1.807, 2.05) is 0 Å². The van der Waals surface area contributed by atoms with E-state index in [1.165, 1.54) is 37.4 Å². The Kier molecular flexibility index (Phi) is 6.77. The van der Waals surface area contributed by atoms with Crippen molar-refractivity contribution in [1.82, 2.24) is 0 Å². The number of hydrogen-bond donors (Lipinski definition) is 1. The van der Waals surface area contributed by atoms with E-state index in [0.717, 1.165) is 12.8 Å². The highest BCUT2D eigenvalue weighted by atomic mass is 28.3. The molecule has 1 saturated heterocycles. The van der Waals surface area contributed by atoms with Gasteiger partial charge in [-0.3, -0.25) is 4.79 Å². The summed E-state index contributed by atoms with van der Waals surface area (Å²) in [6.07, 6.45) is 7.02. The fraction of sp³-hybridized carbons (Fsp3) is 0.696. The minimum Gasteiger partial charge on any atom is -0.481 e. The van der Waals surface area contributed by atoms with Crippen LogP contribution in [-0.4, -0.2) is 25.3 Å². The number of unbranched alkanes of at least 4 members (excludes halogenated alkanes) is 2. The molecule has 150 valence electrons. The van der Waals surface area contributed by atoms with Gasteiger partial charge in [-0.05, 0) is 31.6 Å². The molecule has 2 fully saturated rings. The third kappa shape index (κ3) is 4.31. The first-order valence-corrected chi connectivity index (χ1v) is 13.6. The lowest BCUT2D eigenvalue weighted by atomic mass is 9.63. The number of halogens is 1. The Morgan fingerprint density at radius 1 is 1.11 bits per heavy atom. The maximum Gasteiger partial charge on any atom is 0.309 e. The predicted octanol–water partition coefficient (Wildman–Crippen LogP) is 5.93. The van der Waals surface area contributed by atoms with Crippen LogP contribution in [0.4, 0.5) is 4.39 Å². The van der Waals surface area contributed by atoms with Crippen molar-refractivity contribution < 1.29 is 14.3 Å². The summed E-state index contributed by atoms with van der Waals surface area (Å²) in [5.74, 6) is -0.433. The van der Waals surface area contributed by atoms with Gasteiger partial charge in [0.15, 0.2) is 0 Å². The summed E-state index contributed by atoms with van der Waals surface area (Å²) in [6.45, 7) is 2.26. The summed E-state index contributed by atoms with van der Waals surface area (Å²) >= 11 is 0. The minimum atomic E-state index is -1.55. The van der Waals surface area contributed by atoms with E-state index < -0.39 is 25.6 Å². The second kappa shape index (κ2) is 8.89. The summed E-state index contributed by atoms with van der Waals surface area (Å²) in [5.41, 5.74) is -0.663. The molecule has 0 unspecified atom stereocenters. The van der Waals surface area contributed by atoms with Crippen molar-refractivity contribution in [1.29, 1.82) is 0 Å². The van der Waals surface area contributed by atoms with Crippen molar-refractivity contribution in [3.05, 3.63) is 30.3 Å². The number of rotatable bonds is 7. The van der Waals surface area contributed by atoms with E-state index in [-0.39, 0.29) is 5.92 Å². The molecule has 0 spiro atoms. The predicted molar refractivity (Wildman–Crippen MR) is 112 cm³/mol. The Balaban J connectivity index is 1.76. The van der Waals surface area contributed by atoms with E-state index in [2.05, 4.69) is 37.3 Å². The molecule has 0 aromatic heterocycles. The number of carbonyl (C=O) groups is 1. The molecule has 3 rings (SSSR count). The quantitative estimate of drug-likeness (QED) is 0.463. The molecule has 2 nitrogen and oxygen atoms in total. The molecule has 2 aliphatic rings. The van der Waals surface area contributed by atoms with E-state index in [0.29, 0.717) is 25.7 Å². The van der Waals surface area contributed by atoms with Gasteiger partial charge in [0.1, 0.15) is 6.17 Å². The lowest BCUT2D eigenvalue weighted by molar-refractivity contribution is -0.156. The molecule has 1 heterocycles. The van der Waals surface area contributed by atoms with E-state index in [4.69, 9.17) is 0 Å². The number of carboxylic acid groups (broad SMARTS) is 1. The topological polar surface area (TPSA) is 37.3 Å². The average Bonchev–Trinajstić information content (AvgIpc) is 2.70. The van der Waals surface area contributed by atoms with Crippen LogP contribution in [0, 0.1) is 11.3 Å². The van der Waals surface area contributed by atoms with Crippen molar-refractivity contribution in [2.45, 2.75) is 89.0 Å². The molecule has 1 aromatic carbocycles. The highest BCUT2D eigenvalue weighted by Crippen LogP contribution is 2.51. The zero-order chi connectivity index (χ0) is 19.3. The number of benzene rings is 1. The van der Waals surface area contributed by atoms with Crippen LogP contribution in [0.1, 0.15) is 64.7 Å². The Morgan fingerprint density at radius 3 is 2.30 bits per heavy atom. The van der Waals surface area contributed by atoms with Gasteiger partial charge in [0.2, 0.25) is 0 Å². The molecule has 0 radical (unpaired) electrons. The van der Waals surface area contributed by atoms with Gasteiger partial charge in [-0.1, -0.05) is 92.7 Å². The molecular weight excluding hydrogens is 355 g/mol. The van der Waals surface area contributed by atoms with Gasteiger partial charge in [0, 0.05) is 0 Å². The van der Waals surface area contributed by atoms with Crippen molar-refractivity contribution in [3.8, 4) is 0 Å². The maximum atomic E-state index is 13.7. The molecule has 0 atom stereocenters. The van der Waals surface area contributed by atoms with Crippen LogP contribution < -0.4 is 5.19 Å². The second-order valence-corrected chi connectivity index (χ2v) is 13.7. The SMILES string of the molecule is CCCCC[Si]1(c2ccccc2)CCC(C2(C(=O)O)CCC(F)CC2)CC1. The zero-order valence-corrected chi connectivity index (χ0v) is 17.8. The van der Waals surface area contributed by atoms with Crippen LogP contribution in [0.2, 0.25) is 18.1 Å². The summed E-state index contributed by atoms with van der Waals surface area (Å²) < 4.78 is 13.7. The summed E-state index contributed by atoms with van der Waals surface area (Å²) in [6, 6.07) is 14.8. The molecular formula is C23H35FO2Si. The van der Waals surface area contributed by atoms with Gasteiger partial charge in [0.05, 0.1) is 13.5 Å². The van der Waals surface area contributed by atoms with Crippen molar-refractivity contribution in [2.75, 3.05) is 0 Å². The molecule has 0 amide bonds. The summed E-state index contributed by atoms with van der Waals surface area (Å²) in [4.78, 5) is 12.2. The lowest BCUT2D eigenvalue weighted by Crippen LogP contribution is -2.53. The van der Waals surface area contributed by atoms with Crippen molar-refractivity contribution in [3.63, 3.8) is 0 Å². The standard InChI is InChI=1S/C23H35FO2Si/c1-2-3-7-16-27(21-8-5-4-6-9-21)17-12-19(13-18-27)23(22(25)26)14-10-20(24)11-15-23/h4-6,8-9,19-20H,2-3,7,10-18H2,1H3,(H,25,26). The third-order valence-electron chi connectivity index (χ3n) is 7.60. The van der Waals surface area contributed by atoms with Crippen LogP contribution in [0.5, 0.6) is 0 Å². The molecule has 1 N–H and O–H groups in total. The smallest absolute Gasteiger partial charge is 0.309 e. The monoisotopic (exact) mass is 390 g/mol. The normalized spacial score (nSPS) is 34.3. The van der Waals surface area contributed by atoms with E-state index in [9.17, 15) is 14.3 Å². The van der Waals surface area contributed by atoms with Gasteiger partial charge >= 0.3 is 5.97 Å². The Hall–Kier alpha value is -1.16. The fourth-order valence-electron chi connectivity index (χ4n) is 5.81. The summed E-state index contributed by atoms with van der Waals surface area (Å²) in [5, 5.41) is 11.6. The first-order chi connectivity index (χ1) is 13.0. The Labute approximate surface area is 164 Å². The number of hydrogen-bond acceptors (Lipinski definition) is 1. The van der Waals surface area contributed by atoms with Gasteiger partial charge in [0.25, 0.3) is 0 Å². The van der Waals surface area contributed by atoms with Crippen LogP contribution in [0.3, 0.4) is 0 Å². The highest BCUT2D eigenvalue weighted by molar-refractivity contribution is 6.92. The number of aliphatic carboxylic acids is 1. The maximum absolute atomic E-state index is 13.7. The fourth-order valence-corrected chi connectivity index (χ4v) is 11.0. The number of carboxylic acids is 1. The molecule has 27 heavy (non-hydrogen) atoms. The second-order valence-electron chi connectivity index (χ2n) is 9.01. The first kappa shape index (κ1) is 20.6. The van der Waals surface area contributed by atoms with Crippen LogP contribution in [-0.2, 0) is 4.79 Å². The Bertz CT molecular complexity index is 602. The molecule has 4 heteroatoms. The van der Waals surface area contributed by atoms with Gasteiger partial charge in [-0.25, -0.2) is 4.39 Å². The minimum absolute atomic E-state index is 0.234. The molecule has 1 aliphatic heterocycles. The number of alkyl halides is 1. The van der Waals surface area contributed by atoms with E-state index in [1.54, 1.807) is 5.19 Å². The van der Waals surface area contributed by atoms with Crippen molar-refractivity contribution >= 4 is 19.2 Å². The average molecular weight is 391 g/mol. The zero-order valence-electron chi connectivity index (χ0n) is 16.8. The lowest BCUT2D eigenvalue weighted by Gasteiger charge is -2.47. The van der Waals surface area contributed by atoms with E-state index >= 15 is 0 Å². The molecule has 0 bridgehead atoms. The van der Waals surface area contributed by atoms with Gasteiger partial charge in [-0.2, -0.15) is 0 Å². The van der Waals surface area contributed by atoms with Gasteiger partial charge < -0.3 is 5.11 Å². The van der Waals surface area contributed by atoms with Crippen LogP contribution in [0.15, 0.2) is 30.3 Å². The largest absolute Gasteiger partial charge is 0.481 e. The third-order valence-corrected chi connectivity index (χ3v) is 13.0. The van der Waals surface area contributed by atoms with Crippen LogP contribution in [0.25, 0.3) is 0 Å². The first-order valence-electron chi connectivity index (χ1n) is 11.0. The molecule has 1 aromatic rings. The highest BCUT2D eigenvalue weighted by Gasteiger charge is 2.51. The molecule has 1 saturated carbocycles. The van der Waals surface area contributed by atoms with Crippen LogP contribution >= 0.6 is 0 Å². The van der Waals surface area contributed by atoms with Crippen molar-refractivity contribution in [2.24, 2.45) is 11.3 Å².